The fourth-order valence-corrected chi connectivity index (χ4v) is 4.33. The lowest BCUT2D eigenvalue weighted by atomic mass is 9.83. The number of aliphatic carboxylic acids is 1. The van der Waals surface area contributed by atoms with Crippen LogP contribution in [0, 0.1) is 0 Å². The van der Waals surface area contributed by atoms with Crippen LogP contribution in [-0.2, 0) is 11.3 Å². The molecule has 3 heterocycles. The molecule has 2 aliphatic rings. The van der Waals surface area contributed by atoms with Crippen LogP contribution in [-0.4, -0.2) is 50.0 Å². The van der Waals surface area contributed by atoms with E-state index in [0.29, 0.717) is 18.8 Å². The van der Waals surface area contributed by atoms with E-state index in [4.69, 9.17) is 9.84 Å². The van der Waals surface area contributed by atoms with Gasteiger partial charge in [-0.25, -0.2) is 0 Å². The van der Waals surface area contributed by atoms with Crippen molar-refractivity contribution in [3.05, 3.63) is 65.7 Å². The average Bonchev–Trinajstić information content (AvgIpc) is 3.28. The molecule has 0 aliphatic carbocycles. The Morgan fingerprint density at radius 3 is 2.62 bits per heavy atom. The highest BCUT2D eigenvalue weighted by Crippen LogP contribution is 2.42. The number of carbonyl (C=O) groups is 1. The molecule has 32 heavy (non-hydrogen) atoms. The van der Waals surface area contributed by atoms with Gasteiger partial charge in [-0.15, -0.1) is 10.2 Å². The number of carboxylic acids is 1. The second-order valence-corrected chi connectivity index (χ2v) is 8.25. The topological polar surface area (TPSA) is 102 Å². The molecule has 0 atom stereocenters. The van der Waals surface area contributed by atoms with Crippen LogP contribution in [0.5, 0.6) is 5.75 Å². The number of tetrazole rings is 1. The minimum absolute atomic E-state index is 0.0867. The molecule has 2 N–H and O–H groups in total. The number of carboxylic acid groups (broad SMARTS) is 1. The van der Waals surface area contributed by atoms with Gasteiger partial charge in [0.15, 0.2) is 0 Å². The molecule has 1 saturated heterocycles. The number of hydrogen-bond donors (Lipinski definition) is 2. The average molecular weight is 431 g/mol. The second-order valence-electron chi connectivity index (χ2n) is 8.25. The molecule has 1 fully saturated rings. The minimum Gasteiger partial charge on any atom is -0.482 e. The lowest BCUT2D eigenvalue weighted by molar-refractivity contribution is -0.137. The number of rotatable bonds is 6. The van der Waals surface area contributed by atoms with E-state index in [-0.39, 0.29) is 12.0 Å². The number of nitrogens with one attached hydrogen (secondary N) is 1. The van der Waals surface area contributed by atoms with E-state index in [2.05, 4.69) is 45.0 Å². The number of aryl methyl sites for hydroxylation is 1. The first kappa shape index (κ1) is 20.4. The standard InChI is InChI=1S/C24H25N5O3/c30-22(31)6-3-15-29-27-23(26-28-29)18-9-7-17(8-10-18)20-16-24(11-13-25-14-12-24)32-21-5-2-1-4-19(20)21/h1-2,4-5,7-10,16,25H,3,6,11-15H2,(H,30,31). The maximum absolute atomic E-state index is 10.7. The molecular formula is C24H25N5O3. The van der Waals surface area contributed by atoms with Crippen LogP contribution < -0.4 is 10.1 Å². The summed E-state index contributed by atoms with van der Waals surface area (Å²) in [6, 6.07) is 16.4. The first-order valence-corrected chi connectivity index (χ1v) is 10.9. The molecule has 3 aromatic rings. The molecule has 0 saturated carbocycles. The van der Waals surface area contributed by atoms with Crippen LogP contribution in [0.1, 0.15) is 36.8 Å². The molecule has 0 unspecified atom stereocenters. The smallest absolute Gasteiger partial charge is 0.303 e. The van der Waals surface area contributed by atoms with Gasteiger partial charge < -0.3 is 15.2 Å². The van der Waals surface area contributed by atoms with E-state index in [1.54, 1.807) is 0 Å². The van der Waals surface area contributed by atoms with Crippen molar-refractivity contribution in [2.75, 3.05) is 13.1 Å². The van der Waals surface area contributed by atoms with Gasteiger partial charge >= 0.3 is 5.97 Å². The Hall–Kier alpha value is -3.52. The number of piperidine rings is 1. The predicted molar refractivity (Wildman–Crippen MR) is 119 cm³/mol. The molecule has 0 bridgehead atoms. The Balaban J connectivity index is 1.40. The SMILES string of the molecule is O=C(O)CCCn1nnc(-c2ccc(C3=CC4(CCNCC4)Oc4ccccc43)cc2)n1. The molecule has 1 aromatic heterocycles. The van der Waals surface area contributed by atoms with Crippen molar-refractivity contribution in [1.82, 2.24) is 25.5 Å². The largest absolute Gasteiger partial charge is 0.482 e. The first-order valence-electron chi connectivity index (χ1n) is 10.9. The van der Waals surface area contributed by atoms with Gasteiger partial charge in [0.2, 0.25) is 5.82 Å². The van der Waals surface area contributed by atoms with Gasteiger partial charge in [0, 0.05) is 30.4 Å². The minimum atomic E-state index is -0.823. The fourth-order valence-electron chi connectivity index (χ4n) is 4.33. The third-order valence-corrected chi connectivity index (χ3v) is 6.00. The van der Waals surface area contributed by atoms with Crippen molar-refractivity contribution in [3.63, 3.8) is 0 Å². The van der Waals surface area contributed by atoms with Crippen LogP contribution in [0.3, 0.4) is 0 Å². The van der Waals surface area contributed by atoms with E-state index >= 15 is 0 Å². The highest BCUT2D eigenvalue weighted by molar-refractivity contribution is 5.85. The quantitative estimate of drug-likeness (QED) is 0.618. The van der Waals surface area contributed by atoms with E-state index < -0.39 is 5.97 Å². The van der Waals surface area contributed by atoms with Crippen LogP contribution >= 0.6 is 0 Å². The van der Waals surface area contributed by atoms with E-state index in [1.165, 1.54) is 10.4 Å². The summed E-state index contributed by atoms with van der Waals surface area (Å²) in [4.78, 5) is 12.1. The molecular weight excluding hydrogens is 406 g/mol. The maximum atomic E-state index is 10.7. The van der Waals surface area contributed by atoms with Crippen molar-refractivity contribution in [1.29, 1.82) is 0 Å². The lowest BCUT2D eigenvalue weighted by Gasteiger charge is -2.40. The van der Waals surface area contributed by atoms with Gasteiger partial charge in [0.1, 0.15) is 11.4 Å². The van der Waals surface area contributed by atoms with Crippen LogP contribution in [0.15, 0.2) is 54.6 Å². The molecule has 2 aromatic carbocycles. The summed E-state index contributed by atoms with van der Waals surface area (Å²) in [5.74, 6) is 0.640. The van der Waals surface area contributed by atoms with Gasteiger partial charge in [0.05, 0.1) is 6.54 Å². The summed E-state index contributed by atoms with van der Waals surface area (Å²) in [5, 5.41) is 24.7. The molecule has 164 valence electrons. The third-order valence-electron chi connectivity index (χ3n) is 6.00. The summed E-state index contributed by atoms with van der Waals surface area (Å²) >= 11 is 0. The number of ether oxygens (including phenoxy) is 1. The molecule has 8 heteroatoms. The lowest BCUT2D eigenvalue weighted by Crippen LogP contribution is -2.46. The van der Waals surface area contributed by atoms with Crippen molar-refractivity contribution in [3.8, 4) is 17.1 Å². The Bertz CT molecular complexity index is 1150. The summed E-state index contributed by atoms with van der Waals surface area (Å²) in [6.07, 6.45) is 4.73. The first-order chi connectivity index (χ1) is 15.6. The van der Waals surface area contributed by atoms with E-state index in [1.807, 2.05) is 30.3 Å². The summed E-state index contributed by atoms with van der Waals surface area (Å²) in [6.45, 7) is 2.31. The number of benzene rings is 2. The number of hydrogen-bond acceptors (Lipinski definition) is 6. The van der Waals surface area contributed by atoms with E-state index in [0.717, 1.165) is 48.4 Å². The van der Waals surface area contributed by atoms with E-state index in [9.17, 15) is 4.79 Å². The number of fused-ring (bicyclic) bond motifs is 1. The van der Waals surface area contributed by atoms with Crippen molar-refractivity contribution in [2.24, 2.45) is 0 Å². The molecule has 0 amide bonds. The van der Waals surface area contributed by atoms with Gasteiger partial charge in [-0.3, -0.25) is 4.79 Å². The summed E-state index contributed by atoms with van der Waals surface area (Å²) in [7, 11) is 0. The second kappa shape index (κ2) is 8.55. The third kappa shape index (κ3) is 4.13. The van der Waals surface area contributed by atoms with Crippen LogP contribution in [0.25, 0.3) is 17.0 Å². The Kier molecular flexibility index (Phi) is 5.45. The van der Waals surface area contributed by atoms with Gasteiger partial charge in [-0.05, 0) is 48.0 Å². The zero-order chi connectivity index (χ0) is 22.0. The number of aromatic nitrogens is 4. The van der Waals surface area contributed by atoms with Crippen molar-refractivity contribution in [2.45, 2.75) is 37.8 Å². The maximum Gasteiger partial charge on any atom is 0.303 e. The van der Waals surface area contributed by atoms with Crippen LogP contribution in [0.4, 0.5) is 0 Å². The van der Waals surface area contributed by atoms with Gasteiger partial charge in [-0.1, -0.05) is 42.5 Å². The van der Waals surface area contributed by atoms with Gasteiger partial charge in [-0.2, -0.15) is 4.80 Å². The fraction of sp³-hybridized carbons (Fsp3) is 0.333. The zero-order valence-electron chi connectivity index (χ0n) is 17.7. The molecule has 5 rings (SSSR count). The molecule has 0 radical (unpaired) electrons. The van der Waals surface area contributed by atoms with Crippen LogP contribution in [0.2, 0.25) is 0 Å². The predicted octanol–water partition coefficient (Wildman–Crippen LogP) is 3.15. The summed E-state index contributed by atoms with van der Waals surface area (Å²) in [5.41, 5.74) is 4.01. The Labute approximate surface area is 185 Å². The number of para-hydroxylation sites is 1. The highest BCUT2D eigenvalue weighted by atomic mass is 16.5. The number of nitrogens with zero attached hydrogens (tertiary/aromatic N) is 4. The highest BCUT2D eigenvalue weighted by Gasteiger charge is 2.36. The zero-order valence-corrected chi connectivity index (χ0v) is 17.7. The Morgan fingerprint density at radius 1 is 1.09 bits per heavy atom. The molecule has 2 aliphatic heterocycles. The van der Waals surface area contributed by atoms with Crippen molar-refractivity contribution < 1.29 is 14.6 Å². The summed E-state index contributed by atoms with van der Waals surface area (Å²) < 4.78 is 6.47. The van der Waals surface area contributed by atoms with Gasteiger partial charge in [0.25, 0.3) is 0 Å². The van der Waals surface area contributed by atoms with Crippen molar-refractivity contribution >= 4 is 11.5 Å². The monoisotopic (exact) mass is 431 g/mol. The molecule has 1 spiro atoms. The normalized spacial score (nSPS) is 16.8. The Morgan fingerprint density at radius 2 is 1.84 bits per heavy atom. The molecule has 8 nitrogen and oxygen atoms in total.